The van der Waals surface area contributed by atoms with Gasteiger partial charge >= 0.3 is 5.97 Å². The van der Waals surface area contributed by atoms with Crippen molar-refractivity contribution in [3.05, 3.63) is 32.7 Å². The number of hydrogen-bond donors (Lipinski definition) is 1. The van der Waals surface area contributed by atoms with Crippen LogP contribution in [0.2, 0.25) is 0 Å². The maximum absolute atomic E-state index is 11.1. The van der Waals surface area contributed by atoms with E-state index in [1.165, 1.54) is 7.11 Å². The molecule has 0 unspecified atom stereocenters. The first-order valence-corrected chi connectivity index (χ1v) is 5.43. The van der Waals surface area contributed by atoms with Gasteiger partial charge in [-0.25, -0.2) is 0 Å². The standard InChI is InChI=1S/C9H9Br2NO2/c1-14-9(13)8(12)5-2-3-6(10)7(11)4-5/h2-4,8H,12H2,1H3/t8-/m1/s1. The van der Waals surface area contributed by atoms with Crippen LogP contribution in [0.3, 0.4) is 0 Å². The molecule has 0 aliphatic heterocycles. The summed E-state index contributed by atoms with van der Waals surface area (Å²) in [4.78, 5) is 11.1. The Kier molecular flexibility index (Phi) is 4.10. The SMILES string of the molecule is COC(=O)[C@H](N)c1ccc(Br)c(Br)c1. The van der Waals surface area contributed by atoms with Crippen molar-refractivity contribution in [1.29, 1.82) is 0 Å². The van der Waals surface area contributed by atoms with Gasteiger partial charge < -0.3 is 10.5 Å². The molecule has 0 amide bonds. The third-order valence-corrected chi connectivity index (χ3v) is 3.64. The van der Waals surface area contributed by atoms with Crippen molar-refractivity contribution < 1.29 is 9.53 Å². The molecule has 0 heterocycles. The van der Waals surface area contributed by atoms with E-state index in [2.05, 4.69) is 36.6 Å². The number of halogens is 2. The number of nitrogens with two attached hydrogens (primary N) is 1. The first-order valence-electron chi connectivity index (χ1n) is 3.84. The molecule has 0 saturated carbocycles. The number of carbonyl (C=O) groups excluding carboxylic acids is 1. The lowest BCUT2D eigenvalue weighted by Gasteiger charge is -2.10. The number of hydrogen-bond acceptors (Lipinski definition) is 3. The fourth-order valence-electron chi connectivity index (χ4n) is 0.969. The zero-order valence-electron chi connectivity index (χ0n) is 7.46. The Morgan fingerprint density at radius 3 is 2.57 bits per heavy atom. The highest BCUT2D eigenvalue weighted by Gasteiger charge is 2.16. The lowest BCUT2D eigenvalue weighted by molar-refractivity contribution is -0.142. The van der Waals surface area contributed by atoms with E-state index in [0.717, 1.165) is 8.95 Å². The maximum Gasteiger partial charge on any atom is 0.327 e. The van der Waals surface area contributed by atoms with Crippen LogP contribution in [0.25, 0.3) is 0 Å². The molecular formula is C9H9Br2NO2. The van der Waals surface area contributed by atoms with Crippen LogP contribution in [0.4, 0.5) is 0 Å². The van der Waals surface area contributed by atoms with E-state index in [-0.39, 0.29) is 0 Å². The lowest BCUT2D eigenvalue weighted by atomic mass is 10.1. The highest BCUT2D eigenvalue weighted by Crippen LogP contribution is 2.26. The Labute approximate surface area is 98.9 Å². The molecule has 3 nitrogen and oxygen atoms in total. The summed E-state index contributed by atoms with van der Waals surface area (Å²) in [6.07, 6.45) is 0. The molecule has 0 aromatic heterocycles. The summed E-state index contributed by atoms with van der Waals surface area (Å²) in [6.45, 7) is 0. The fourth-order valence-corrected chi connectivity index (χ4v) is 1.61. The quantitative estimate of drug-likeness (QED) is 0.851. The van der Waals surface area contributed by atoms with Crippen LogP contribution < -0.4 is 5.73 Å². The predicted octanol–water partition coefficient (Wildman–Crippen LogP) is 2.38. The summed E-state index contributed by atoms with van der Waals surface area (Å²) in [7, 11) is 1.32. The number of esters is 1. The third kappa shape index (κ3) is 2.56. The van der Waals surface area contributed by atoms with Gasteiger partial charge in [-0.05, 0) is 49.6 Å². The van der Waals surface area contributed by atoms with Crippen LogP contribution in [-0.4, -0.2) is 13.1 Å². The Hall–Kier alpha value is -0.390. The molecule has 5 heteroatoms. The van der Waals surface area contributed by atoms with Crippen molar-refractivity contribution >= 4 is 37.8 Å². The Morgan fingerprint density at radius 1 is 1.43 bits per heavy atom. The third-order valence-electron chi connectivity index (χ3n) is 1.76. The molecule has 76 valence electrons. The summed E-state index contributed by atoms with van der Waals surface area (Å²) >= 11 is 6.66. The van der Waals surface area contributed by atoms with E-state index in [0.29, 0.717) is 5.56 Å². The van der Waals surface area contributed by atoms with E-state index in [1.807, 2.05) is 6.07 Å². The summed E-state index contributed by atoms with van der Waals surface area (Å²) < 4.78 is 6.32. The molecule has 1 aromatic carbocycles. The predicted molar refractivity (Wildman–Crippen MR) is 60.8 cm³/mol. The lowest BCUT2D eigenvalue weighted by Crippen LogP contribution is -2.22. The maximum atomic E-state index is 11.1. The highest BCUT2D eigenvalue weighted by molar-refractivity contribution is 9.13. The van der Waals surface area contributed by atoms with Gasteiger partial charge in [0.25, 0.3) is 0 Å². The van der Waals surface area contributed by atoms with Gasteiger partial charge in [0.05, 0.1) is 7.11 Å². The van der Waals surface area contributed by atoms with Gasteiger partial charge in [-0.2, -0.15) is 0 Å². The van der Waals surface area contributed by atoms with Crippen LogP contribution in [0.5, 0.6) is 0 Å². The second kappa shape index (κ2) is 4.91. The van der Waals surface area contributed by atoms with Crippen LogP contribution >= 0.6 is 31.9 Å². The largest absolute Gasteiger partial charge is 0.468 e. The minimum atomic E-state index is -0.732. The van der Waals surface area contributed by atoms with E-state index < -0.39 is 12.0 Å². The number of benzene rings is 1. The number of rotatable bonds is 2. The molecule has 0 aliphatic carbocycles. The first kappa shape index (κ1) is 11.7. The molecular weight excluding hydrogens is 314 g/mol. The average Bonchev–Trinajstić information content (AvgIpc) is 2.20. The topological polar surface area (TPSA) is 52.3 Å². The monoisotopic (exact) mass is 321 g/mol. The van der Waals surface area contributed by atoms with Gasteiger partial charge in [0.15, 0.2) is 0 Å². The van der Waals surface area contributed by atoms with Gasteiger partial charge in [-0.3, -0.25) is 4.79 Å². The fraction of sp³-hybridized carbons (Fsp3) is 0.222. The molecule has 1 atom stereocenters. The summed E-state index contributed by atoms with van der Waals surface area (Å²) in [5, 5.41) is 0. The van der Waals surface area contributed by atoms with Crippen molar-refractivity contribution in [1.82, 2.24) is 0 Å². The van der Waals surface area contributed by atoms with Gasteiger partial charge in [0.1, 0.15) is 6.04 Å². The van der Waals surface area contributed by atoms with E-state index in [9.17, 15) is 4.79 Å². The van der Waals surface area contributed by atoms with E-state index in [4.69, 9.17) is 5.73 Å². The van der Waals surface area contributed by atoms with Gasteiger partial charge in [0.2, 0.25) is 0 Å². The molecule has 2 N–H and O–H groups in total. The normalized spacial score (nSPS) is 12.3. The molecule has 14 heavy (non-hydrogen) atoms. The highest BCUT2D eigenvalue weighted by atomic mass is 79.9. The smallest absolute Gasteiger partial charge is 0.327 e. The Balaban J connectivity index is 2.96. The molecule has 0 fully saturated rings. The summed E-state index contributed by atoms with van der Waals surface area (Å²) in [5.74, 6) is -0.445. The number of ether oxygens (including phenoxy) is 1. The van der Waals surface area contributed by atoms with Crippen molar-refractivity contribution in [3.8, 4) is 0 Å². The molecule has 0 saturated heterocycles. The Bertz CT molecular complexity index is 355. The first-order chi connectivity index (χ1) is 6.56. The minimum absolute atomic E-state index is 0.445. The molecule has 0 radical (unpaired) electrons. The number of methoxy groups -OCH3 is 1. The molecule has 1 rings (SSSR count). The zero-order valence-corrected chi connectivity index (χ0v) is 10.6. The second-order valence-electron chi connectivity index (χ2n) is 2.67. The summed E-state index contributed by atoms with van der Waals surface area (Å²) in [6, 6.07) is 4.65. The summed E-state index contributed by atoms with van der Waals surface area (Å²) in [5.41, 5.74) is 6.37. The minimum Gasteiger partial charge on any atom is -0.468 e. The Morgan fingerprint density at radius 2 is 2.07 bits per heavy atom. The van der Waals surface area contributed by atoms with E-state index >= 15 is 0 Å². The number of carbonyl (C=O) groups is 1. The molecule has 0 spiro atoms. The second-order valence-corrected chi connectivity index (χ2v) is 4.38. The zero-order chi connectivity index (χ0) is 10.7. The van der Waals surface area contributed by atoms with Gasteiger partial charge in [-0.1, -0.05) is 6.07 Å². The van der Waals surface area contributed by atoms with Crippen molar-refractivity contribution in [2.24, 2.45) is 5.73 Å². The van der Waals surface area contributed by atoms with Gasteiger partial charge in [-0.15, -0.1) is 0 Å². The molecule has 1 aromatic rings. The van der Waals surface area contributed by atoms with Crippen molar-refractivity contribution in [2.75, 3.05) is 7.11 Å². The van der Waals surface area contributed by atoms with Crippen molar-refractivity contribution in [2.45, 2.75) is 6.04 Å². The molecule has 0 aliphatic rings. The van der Waals surface area contributed by atoms with E-state index in [1.54, 1.807) is 12.1 Å². The van der Waals surface area contributed by atoms with Gasteiger partial charge in [0, 0.05) is 8.95 Å². The van der Waals surface area contributed by atoms with Crippen LogP contribution in [0, 0.1) is 0 Å². The average molecular weight is 323 g/mol. The van der Waals surface area contributed by atoms with Crippen LogP contribution in [0.15, 0.2) is 27.1 Å². The van der Waals surface area contributed by atoms with Crippen molar-refractivity contribution in [3.63, 3.8) is 0 Å². The molecule has 0 bridgehead atoms. The van der Waals surface area contributed by atoms with Crippen LogP contribution in [-0.2, 0) is 9.53 Å². The van der Waals surface area contributed by atoms with Crippen LogP contribution in [0.1, 0.15) is 11.6 Å².